The first-order valence-electron chi connectivity index (χ1n) is 4.70. The quantitative estimate of drug-likeness (QED) is 0.571. The summed E-state index contributed by atoms with van der Waals surface area (Å²) < 4.78 is 0. The third-order valence-corrected chi connectivity index (χ3v) is 2.84. The first kappa shape index (κ1) is 9.05. The van der Waals surface area contributed by atoms with Crippen molar-refractivity contribution < 1.29 is 5.11 Å². The molecule has 1 rings (SSSR count). The zero-order valence-corrected chi connectivity index (χ0v) is 7.93. The smallest absolute Gasteiger partial charge is 0.0573 e. The number of hydrogen-bond acceptors (Lipinski definition) is 1. The molecule has 0 heterocycles. The van der Waals surface area contributed by atoms with Gasteiger partial charge in [0.1, 0.15) is 0 Å². The van der Waals surface area contributed by atoms with Gasteiger partial charge >= 0.3 is 0 Å². The SMILES string of the molecule is CC(C)(C)[C@@H]1CCCC[C@H]1O. The summed E-state index contributed by atoms with van der Waals surface area (Å²) in [6.07, 6.45) is 4.71. The van der Waals surface area contributed by atoms with Crippen LogP contribution in [0.1, 0.15) is 46.5 Å². The first-order chi connectivity index (χ1) is 5.02. The number of hydrogen-bond donors (Lipinski definition) is 1. The molecule has 0 amide bonds. The van der Waals surface area contributed by atoms with Crippen molar-refractivity contribution in [3.8, 4) is 0 Å². The van der Waals surface area contributed by atoms with Gasteiger partial charge in [0, 0.05) is 0 Å². The highest BCUT2D eigenvalue weighted by atomic mass is 16.3. The van der Waals surface area contributed by atoms with Crippen LogP contribution in [0.15, 0.2) is 0 Å². The van der Waals surface area contributed by atoms with Gasteiger partial charge in [0.15, 0.2) is 0 Å². The average Bonchev–Trinajstić information content (AvgIpc) is 1.86. The molecule has 0 unspecified atom stereocenters. The minimum absolute atomic E-state index is 0.0382. The number of aliphatic hydroxyl groups is 1. The average molecular weight is 156 g/mol. The van der Waals surface area contributed by atoms with E-state index in [1.807, 2.05) is 0 Å². The van der Waals surface area contributed by atoms with Gasteiger partial charge in [0.2, 0.25) is 0 Å². The van der Waals surface area contributed by atoms with Crippen LogP contribution in [0.4, 0.5) is 0 Å². The molecular weight excluding hydrogens is 136 g/mol. The zero-order valence-electron chi connectivity index (χ0n) is 7.93. The molecule has 2 atom stereocenters. The van der Waals surface area contributed by atoms with Crippen LogP contribution >= 0.6 is 0 Å². The van der Waals surface area contributed by atoms with Crippen LogP contribution in [0.5, 0.6) is 0 Å². The van der Waals surface area contributed by atoms with Crippen molar-refractivity contribution in [2.45, 2.75) is 52.6 Å². The Bertz CT molecular complexity index is 123. The summed E-state index contributed by atoms with van der Waals surface area (Å²) in [5, 5.41) is 9.70. The van der Waals surface area contributed by atoms with E-state index in [1.54, 1.807) is 0 Å². The zero-order chi connectivity index (χ0) is 8.48. The van der Waals surface area contributed by atoms with Crippen molar-refractivity contribution in [3.63, 3.8) is 0 Å². The van der Waals surface area contributed by atoms with Crippen LogP contribution in [0.25, 0.3) is 0 Å². The van der Waals surface area contributed by atoms with Gasteiger partial charge in [-0.1, -0.05) is 33.6 Å². The molecule has 1 saturated carbocycles. The van der Waals surface area contributed by atoms with E-state index >= 15 is 0 Å². The molecule has 0 aromatic heterocycles. The van der Waals surface area contributed by atoms with E-state index < -0.39 is 0 Å². The summed E-state index contributed by atoms with van der Waals surface area (Å²) in [4.78, 5) is 0. The number of rotatable bonds is 0. The lowest BCUT2D eigenvalue weighted by atomic mass is 9.71. The third kappa shape index (κ3) is 2.19. The fourth-order valence-corrected chi connectivity index (χ4v) is 2.12. The largest absolute Gasteiger partial charge is 0.393 e. The minimum atomic E-state index is -0.0382. The summed E-state index contributed by atoms with van der Waals surface area (Å²) in [5.41, 5.74) is 0.292. The van der Waals surface area contributed by atoms with Gasteiger partial charge in [0.05, 0.1) is 6.10 Å². The van der Waals surface area contributed by atoms with Gasteiger partial charge in [-0.15, -0.1) is 0 Å². The Labute approximate surface area is 69.8 Å². The Hall–Kier alpha value is -0.0400. The Kier molecular flexibility index (Phi) is 2.58. The Morgan fingerprint density at radius 1 is 1.09 bits per heavy atom. The fraction of sp³-hybridized carbons (Fsp3) is 1.00. The molecule has 1 fully saturated rings. The minimum Gasteiger partial charge on any atom is -0.393 e. The Balaban J connectivity index is 2.55. The molecule has 0 saturated heterocycles. The molecule has 0 spiro atoms. The van der Waals surface area contributed by atoms with Crippen molar-refractivity contribution in [1.82, 2.24) is 0 Å². The highest BCUT2D eigenvalue weighted by Gasteiger charge is 2.32. The van der Waals surface area contributed by atoms with E-state index in [0.717, 1.165) is 6.42 Å². The lowest BCUT2D eigenvalue weighted by Crippen LogP contribution is -2.34. The van der Waals surface area contributed by atoms with E-state index in [-0.39, 0.29) is 6.10 Å². The Morgan fingerprint density at radius 2 is 1.64 bits per heavy atom. The molecule has 0 aliphatic heterocycles. The van der Waals surface area contributed by atoms with Gasteiger partial charge < -0.3 is 5.11 Å². The van der Waals surface area contributed by atoms with E-state index in [9.17, 15) is 5.11 Å². The van der Waals surface area contributed by atoms with Crippen LogP contribution in [-0.4, -0.2) is 11.2 Å². The predicted octanol–water partition coefficient (Wildman–Crippen LogP) is 2.58. The van der Waals surface area contributed by atoms with E-state index in [2.05, 4.69) is 20.8 Å². The summed E-state index contributed by atoms with van der Waals surface area (Å²) in [5.74, 6) is 0.524. The monoisotopic (exact) mass is 156 g/mol. The molecule has 66 valence electrons. The van der Waals surface area contributed by atoms with Crippen molar-refractivity contribution in [2.75, 3.05) is 0 Å². The van der Waals surface area contributed by atoms with Gasteiger partial charge in [-0.05, 0) is 24.2 Å². The third-order valence-electron chi connectivity index (χ3n) is 2.84. The van der Waals surface area contributed by atoms with Crippen molar-refractivity contribution in [2.24, 2.45) is 11.3 Å². The molecule has 0 aromatic carbocycles. The van der Waals surface area contributed by atoms with Crippen molar-refractivity contribution >= 4 is 0 Å². The molecule has 1 heteroatoms. The highest BCUT2D eigenvalue weighted by Crippen LogP contribution is 2.37. The van der Waals surface area contributed by atoms with E-state index in [1.165, 1.54) is 19.3 Å². The second-order valence-electron chi connectivity index (χ2n) is 4.82. The topological polar surface area (TPSA) is 20.2 Å². The summed E-state index contributed by atoms with van der Waals surface area (Å²) >= 11 is 0. The standard InChI is InChI=1S/C10H20O/c1-10(2,3)8-6-4-5-7-9(8)11/h8-9,11H,4-7H2,1-3H3/t8-,9-/m1/s1. The fourth-order valence-electron chi connectivity index (χ4n) is 2.12. The van der Waals surface area contributed by atoms with Crippen molar-refractivity contribution in [1.29, 1.82) is 0 Å². The predicted molar refractivity (Wildman–Crippen MR) is 47.4 cm³/mol. The highest BCUT2D eigenvalue weighted by molar-refractivity contribution is 4.83. The molecule has 1 aliphatic carbocycles. The molecule has 1 N–H and O–H groups in total. The van der Waals surface area contributed by atoms with Crippen LogP contribution < -0.4 is 0 Å². The van der Waals surface area contributed by atoms with Crippen LogP contribution in [0, 0.1) is 11.3 Å². The van der Waals surface area contributed by atoms with Gasteiger partial charge in [-0.3, -0.25) is 0 Å². The van der Waals surface area contributed by atoms with Crippen LogP contribution in [-0.2, 0) is 0 Å². The van der Waals surface area contributed by atoms with Crippen LogP contribution in [0.3, 0.4) is 0 Å². The molecule has 0 radical (unpaired) electrons. The molecule has 1 aliphatic rings. The first-order valence-corrected chi connectivity index (χ1v) is 4.70. The number of aliphatic hydroxyl groups excluding tert-OH is 1. The molecule has 11 heavy (non-hydrogen) atoms. The maximum absolute atomic E-state index is 9.70. The maximum atomic E-state index is 9.70. The van der Waals surface area contributed by atoms with E-state index in [0.29, 0.717) is 11.3 Å². The maximum Gasteiger partial charge on any atom is 0.0573 e. The summed E-state index contributed by atoms with van der Waals surface area (Å²) in [6, 6.07) is 0. The molecule has 0 bridgehead atoms. The van der Waals surface area contributed by atoms with Crippen molar-refractivity contribution in [3.05, 3.63) is 0 Å². The lowest BCUT2D eigenvalue weighted by Gasteiger charge is -2.37. The normalized spacial score (nSPS) is 33.8. The second kappa shape index (κ2) is 3.14. The molecule has 1 nitrogen and oxygen atoms in total. The summed E-state index contributed by atoms with van der Waals surface area (Å²) in [7, 11) is 0. The Morgan fingerprint density at radius 3 is 2.00 bits per heavy atom. The van der Waals surface area contributed by atoms with Gasteiger partial charge in [-0.25, -0.2) is 0 Å². The van der Waals surface area contributed by atoms with E-state index in [4.69, 9.17) is 0 Å². The van der Waals surface area contributed by atoms with Gasteiger partial charge in [0.25, 0.3) is 0 Å². The molecular formula is C10H20O. The lowest BCUT2D eigenvalue weighted by molar-refractivity contribution is 0.0105. The summed E-state index contributed by atoms with van der Waals surface area (Å²) in [6.45, 7) is 6.69. The molecule has 0 aromatic rings. The van der Waals surface area contributed by atoms with Gasteiger partial charge in [-0.2, -0.15) is 0 Å². The second-order valence-corrected chi connectivity index (χ2v) is 4.82. The van der Waals surface area contributed by atoms with Crippen LogP contribution in [0.2, 0.25) is 0 Å².